The number of aromatic nitrogens is 1. The lowest BCUT2D eigenvalue weighted by Gasteiger charge is -2.25. The van der Waals surface area contributed by atoms with Crippen LogP contribution in [0.2, 0.25) is 0 Å². The molecule has 0 radical (unpaired) electrons. The molecule has 1 fully saturated rings. The van der Waals surface area contributed by atoms with Gasteiger partial charge in [0.15, 0.2) is 0 Å². The van der Waals surface area contributed by atoms with Gasteiger partial charge in [0.05, 0.1) is 12.6 Å². The summed E-state index contributed by atoms with van der Waals surface area (Å²) >= 11 is 0. The molecule has 1 aromatic carbocycles. The second kappa shape index (κ2) is 4.65. The largest absolute Gasteiger partial charge is 0.495 e. The molecule has 1 saturated heterocycles. The van der Waals surface area contributed by atoms with Crippen molar-refractivity contribution >= 4 is 10.9 Å². The fourth-order valence-corrected chi connectivity index (χ4v) is 2.99. The van der Waals surface area contributed by atoms with Crippen LogP contribution in [-0.2, 0) is 7.05 Å². The number of nitrogens with one attached hydrogen (secondary N) is 1. The van der Waals surface area contributed by atoms with Crippen LogP contribution >= 0.6 is 0 Å². The minimum Gasteiger partial charge on any atom is -0.495 e. The Hall–Kier alpha value is -1.48. The van der Waals surface area contributed by atoms with E-state index < -0.39 is 0 Å². The molecule has 1 atom stereocenters. The molecule has 2 aromatic rings. The van der Waals surface area contributed by atoms with Crippen molar-refractivity contribution in [1.82, 2.24) is 9.88 Å². The summed E-state index contributed by atoms with van der Waals surface area (Å²) in [6.07, 6.45) is 5.96. The molecule has 0 bridgehead atoms. The Kier molecular flexibility index (Phi) is 3.00. The van der Waals surface area contributed by atoms with Crippen molar-refractivity contribution in [2.24, 2.45) is 7.05 Å². The van der Waals surface area contributed by atoms with Crippen LogP contribution in [-0.4, -0.2) is 18.2 Å². The molecular weight excluding hydrogens is 224 g/mol. The van der Waals surface area contributed by atoms with Crippen LogP contribution in [0.1, 0.15) is 30.9 Å². The van der Waals surface area contributed by atoms with Crippen molar-refractivity contribution < 1.29 is 4.74 Å². The van der Waals surface area contributed by atoms with Gasteiger partial charge in [0.2, 0.25) is 0 Å². The van der Waals surface area contributed by atoms with E-state index in [1.54, 1.807) is 7.11 Å². The van der Waals surface area contributed by atoms with E-state index in [1.807, 2.05) is 0 Å². The summed E-state index contributed by atoms with van der Waals surface area (Å²) in [6, 6.07) is 7.00. The van der Waals surface area contributed by atoms with E-state index in [-0.39, 0.29) is 0 Å². The molecule has 1 N–H and O–H groups in total. The van der Waals surface area contributed by atoms with Gasteiger partial charge in [-0.05, 0) is 37.1 Å². The van der Waals surface area contributed by atoms with Crippen molar-refractivity contribution in [2.75, 3.05) is 13.7 Å². The van der Waals surface area contributed by atoms with E-state index in [0.29, 0.717) is 6.04 Å². The van der Waals surface area contributed by atoms with Gasteiger partial charge < -0.3 is 14.6 Å². The smallest absolute Gasteiger partial charge is 0.143 e. The highest BCUT2D eigenvalue weighted by molar-refractivity contribution is 5.89. The number of fused-ring (bicyclic) bond motifs is 1. The van der Waals surface area contributed by atoms with Gasteiger partial charge in [-0.1, -0.05) is 12.5 Å². The highest BCUT2D eigenvalue weighted by atomic mass is 16.5. The zero-order chi connectivity index (χ0) is 12.5. The van der Waals surface area contributed by atoms with Gasteiger partial charge in [-0.3, -0.25) is 0 Å². The van der Waals surface area contributed by atoms with Crippen LogP contribution in [0.5, 0.6) is 5.75 Å². The Balaban J connectivity index is 2.12. The number of nitrogens with zero attached hydrogens (tertiary/aromatic N) is 1. The summed E-state index contributed by atoms with van der Waals surface area (Å²) in [6.45, 7) is 1.13. The first-order valence-electron chi connectivity index (χ1n) is 6.66. The lowest BCUT2D eigenvalue weighted by molar-refractivity contribution is 0.410. The summed E-state index contributed by atoms with van der Waals surface area (Å²) in [4.78, 5) is 0. The average Bonchev–Trinajstić information content (AvgIpc) is 2.81. The first-order chi connectivity index (χ1) is 8.81. The number of benzene rings is 1. The third kappa shape index (κ3) is 1.79. The standard InChI is InChI=1S/C15H20N2O/c1-17-10-8-12-11(13-5-3-4-9-16-13)6-7-14(18-2)15(12)17/h6-8,10,13,16H,3-5,9H2,1-2H3. The molecule has 3 nitrogen and oxygen atoms in total. The van der Waals surface area contributed by atoms with Crippen LogP contribution in [0.4, 0.5) is 0 Å². The van der Waals surface area contributed by atoms with E-state index in [4.69, 9.17) is 4.74 Å². The molecule has 3 rings (SSSR count). The highest BCUT2D eigenvalue weighted by Gasteiger charge is 2.19. The SMILES string of the molecule is COc1ccc(C2CCCCN2)c2ccn(C)c12. The van der Waals surface area contributed by atoms with E-state index >= 15 is 0 Å². The third-order valence-corrected chi connectivity index (χ3v) is 3.94. The molecule has 0 aliphatic carbocycles. The van der Waals surface area contributed by atoms with Gasteiger partial charge in [0.25, 0.3) is 0 Å². The topological polar surface area (TPSA) is 26.2 Å². The van der Waals surface area contributed by atoms with Gasteiger partial charge in [-0.2, -0.15) is 0 Å². The minimum atomic E-state index is 0.495. The van der Waals surface area contributed by atoms with Crippen LogP contribution in [0.3, 0.4) is 0 Å². The molecule has 2 heterocycles. The molecule has 3 heteroatoms. The second-order valence-electron chi connectivity index (χ2n) is 5.05. The number of hydrogen-bond donors (Lipinski definition) is 1. The normalized spacial score (nSPS) is 20.2. The summed E-state index contributed by atoms with van der Waals surface area (Å²) in [7, 11) is 3.81. The molecule has 0 spiro atoms. The van der Waals surface area contributed by atoms with E-state index in [1.165, 1.54) is 35.7 Å². The maximum absolute atomic E-state index is 5.47. The Bertz CT molecular complexity index is 553. The van der Waals surface area contributed by atoms with E-state index in [9.17, 15) is 0 Å². The lowest BCUT2D eigenvalue weighted by Crippen LogP contribution is -2.26. The molecule has 1 aliphatic rings. The van der Waals surface area contributed by atoms with Gasteiger partial charge in [0, 0.05) is 24.7 Å². The summed E-state index contributed by atoms with van der Waals surface area (Å²) in [5.41, 5.74) is 2.61. The Morgan fingerprint density at radius 2 is 2.17 bits per heavy atom. The van der Waals surface area contributed by atoms with Crippen molar-refractivity contribution in [2.45, 2.75) is 25.3 Å². The zero-order valence-corrected chi connectivity index (χ0v) is 11.1. The maximum atomic E-state index is 5.47. The predicted molar refractivity (Wildman–Crippen MR) is 74.1 cm³/mol. The zero-order valence-electron chi connectivity index (χ0n) is 11.1. The second-order valence-corrected chi connectivity index (χ2v) is 5.05. The highest BCUT2D eigenvalue weighted by Crippen LogP contribution is 2.34. The molecular formula is C15H20N2O. The van der Waals surface area contributed by atoms with Crippen LogP contribution in [0.15, 0.2) is 24.4 Å². The number of aryl methyl sites for hydroxylation is 1. The van der Waals surface area contributed by atoms with Crippen molar-refractivity contribution in [3.8, 4) is 5.75 Å². The summed E-state index contributed by atoms with van der Waals surface area (Å²) < 4.78 is 7.61. The molecule has 0 amide bonds. The number of methoxy groups -OCH3 is 1. The fraction of sp³-hybridized carbons (Fsp3) is 0.467. The Morgan fingerprint density at radius 1 is 1.28 bits per heavy atom. The minimum absolute atomic E-state index is 0.495. The molecule has 18 heavy (non-hydrogen) atoms. The van der Waals surface area contributed by atoms with E-state index in [0.717, 1.165) is 12.3 Å². The fourth-order valence-electron chi connectivity index (χ4n) is 2.99. The van der Waals surface area contributed by atoms with Crippen molar-refractivity contribution in [3.05, 3.63) is 30.0 Å². The molecule has 1 aromatic heterocycles. The third-order valence-electron chi connectivity index (χ3n) is 3.94. The van der Waals surface area contributed by atoms with Gasteiger partial charge >= 0.3 is 0 Å². The quantitative estimate of drug-likeness (QED) is 0.879. The van der Waals surface area contributed by atoms with Crippen LogP contribution < -0.4 is 10.1 Å². The number of hydrogen-bond acceptors (Lipinski definition) is 2. The molecule has 1 unspecified atom stereocenters. The summed E-state index contributed by atoms with van der Waals surface area (Å²) in [5.74, 6) is 0.956. The molecule has 0 saturated carbocycles. The molecule has 1 aliphatic heterocycles. The first-order valence-corrected chi connectivity index (χ1v) is 6.66. The maximum Gasteiger partial charge on any atom is 0.143 e. The van der Waals surface area contributed by atoms with E-state index in [2.05, 4.69) is 41.3 Å². The van der Waals surface area contributed by atoms with Gasteiger partial charge in [-0.15, -0.1) is 0 Å². The predicted octanol–water partition coefficient (Wildman–Crippen LogP) is 3.00. The monoisotopic (exact) mass is 244 g/mol. The van der Waals surface area contributed by atoms with Crippen molar-refractivity contribution in [1.29, 1.82) is 0 Å². The lowest BCUT2D eigenvalue weighted by atomic mass is 9.95. The summed E-state index contributed by atoms with van der Waals surface area (Å²) in [5, 5.41) is 4.94. The molecule has 96 valence electrons. The number of ether oxygens (including phenoxy) is 1. The van der Waals surface area contributed by atoms with Crippen molar-refractivity contribution in [3.63, 3.8) is 0 Å². The number of rotatable bonds is 2. The first kappa shape index (κ1) is 11.6. The van der Waals surface area contributed by atoms with Crippen LogP contribution in [0.25, 0.3) is 10.9 Å². The average molecular weight is 244 g/mol. The Labute approximate surface area is 108 Å². The van der Waals surface area contributed by atoms with Gasteiger partial charge in [-0.25, -0.2) is 0 Å². The van der Waals surface area contributed by atoms with Crippen LogP contribution in [0, 0.1) is 0 Å². The Morgan fingerprint density at radius 3 is 2.89 bits per heavy atom. The number of piperidine rings is 1. The van der Waals surface area contributed by atoms with Gasteiger partial charge in [0.1, 0.15) is 5.75 Å².